The van der Waals surface area contributed by atoms with E-state index in [9.17, 15) is 14.4 Å². The first kappa shape index (κ1) is 17.9. The van der Waals surface area contributed by atoms with Crippen molar-refractivity contribution >= 4 is 17.5 Å². The molecule has 1 aromatic carbocycles. The van der Waals surface area contributed by atoms with E-state index in [0.29, 0.717) is 30.8 Å². The normalized spacial score (nSPS) is 13.1. The van der Waals surface area contributed by atoms with Crippen molar-refractivity contribution in [3.05, 3.63) is 46.1 Å². The number of carbonyl (C=O) groups is 2. The molecule has 2 amide bonds. The molecular formula is C18H23N5O3. The van der Waals surface area contributed by atoms with Gasteiger partial charge in [-0.15, -0.1) is 0 Å². The smallest absolute Gasteiger partial charge is 0.338 e. The van der Waals surface area contributed by atoms with Gasteiger partial charge in [-0.25, -0.2) is 14.3 Å². The quantitative estimate of drug-likeness (QED) is 0.608. The van der Waals surface area contributed by atoms with Crippen molar-refractivity contribution in [2.45, 2.75) is 45.7 Å². The van der Waals surface area contributed by atoms with Crippen molar-refractivity contribution in [2.75, 3.05) is 11.9 Å². The van der Waals surface area contributed by atoms with Crippen LogP contribution >= 0.6 is 0 Å². The van der Waals surface area contributed by atoms with Crippen molar-refractivity contribution in [1.29, 1.82) is 0 Å². The molecule has 8 heteroatoms. The van der Waals surface area contributed by atoms with Gasteiger partial charge in [-0.1, -0.05) is 12.1 Å². The first-order chi connectivity index (χ1) is 12.5. The summed E-state index contributed by atoms with van der Waals surface area (Å²) in [5, 5.41) is 9.81. The minimum Gasteiger partial charge on any atom is -0.338 e. The van der Waals surface area contributed by atoms with Crippen LogP contribution in [0.15, 0.2) is 29.1 Å². The Labute approximate surface area is 151 Å². The largest absolute Gasteiger partial charge is 0.345 e. The number of anilines is 1. The van der Waals surface area contributed by atoms with Gasteiger partial charge in [0.15, 0.2) is 5.78 Å². The number of fused-ring (bicyclic) bond motifs is 1. The molecule has 0 atom stereocenters. The Morgan fingerprint density at radius 2 is 2.12 bits per heavy atom. The highest BCUT2D eigenvalue weighted by Crippen LogP contribution is 2.11. The summed E-state index contributed by atoms with van der Waals surface area (Å²) in [6, 6.07) is 6.44. The fourth-order valence-corrected chi connectivity index (χ4v) is 3.02. The summed E-state index contributed by atoms with van der Waals surface area (Å²) in [5.74, 6) is 0.805. The summed E-state index contributed by atoms with van der Waals surface area (Å²) in [4.78, 5) is 35.5. The number of nitrogens with zero attached hydrogens (tertiary/aromatic N) is 3. The average Bonchev–Trinajstić information content (AvgIpc) is 2.95. The molecule has 26 heavy (non-hydrogen) atoms. The number of aryl methyl sites for hydroxylation is 2. The molecule has 2 heterocycles. The van der Waals surface area contributed by atoms with E-state index in [1.54, 1.807) is 28.8 Å². The standard InChI is InChI=1S/C18H23N5O3/c1-13(24)14-6-4-7-15(12-14)20-17(25)19-9-5-11-23-18(26)22-10-3-2-8-16(22)21-23/h4,6-7,12H,2-3,5,8-11H2,1H3,(H2,19,20,25). The molecule has 2 N–H and O–H groups in total. The lowest BCUT2D eigenvalue weighted by Crippen LogP contribution is -2.31. The summed E-state index contributed by atoms with van der Waals surface area (Å²) in [7, 11) is 0. The van der Waals surface area contributed by atoms with E-state index in [0.717, 1.165) is 31.6 Å². The molecule has 0 radical (unpaired) electrons. The van der Waals surface area contributed by atoms with Crippen LogP contribution in [-0.2, 0) is 19.5 Å². The third-order valence-electron chi connectivity index (χ3n) is 4.39. The maximum atomic E-state index is 12.2. The average molecular weight is 357 g/mol. The number of Topliss-reactive ketones (excluding diaryl/α,β-unsaturated/α-hetero) is 1. The third kappa shape index (κ3) is 4.19. The SMILES string of the molecule is CC(=O)c1cccc(NC(=O)NCCCn2nc3n(c2=O)CCCC3)c1. The van der Waals surface area contributed by atoms with E-state index < -0.39 is 0 Å². The molecule has 138 valence electrons. The fraction of sp³-hybridized carbons (Fsp3) is 0.444. The number of ketones is 1. The van der Waals surface area contributed by atoms with Gasteiger partial charge in [0.25, 0.3) is 0 Å². The highest BCUT2D eigenvalue weighted by atomic mass is 16.2. The second kappa shape index (κ2) is 7.99. The van der Waals surface area contributed by atoms with Crippen LogP contribution < -0.4 is 16.3 Å². The number of urea groups is 1. The molecule has 8 nitrogen and oxygen atoms in total. The minimum absolute atomic E-state index is 0.0535. The molecule has 0 fully saturated rings. The molecule has 0 unspecified atom stereocenters. The van der Waals surface area contributed by atoms with Gasteiger partial charge in [0.2, 0.25) is 0 Å². The lowest BCUT2D eigenvalue weighted by molar-refractivity contribution is 0.101. The van der Waals surface area contributed by atoms with Crippen LogP contribution in [0.1, 0.15) is 42.4 Å². The number of carbonyl (C=O) groups excluding carboxylic acids is 2. The molecule has 0 spiro atoms. The number of hydrogen-bond donors (Lipinski definition) is 2. The number of rotatable bonds is 6. The number of aromatic nitrogens is 3. The van der Waals surface area contributed by atoms with Crippen molar-refractivity contribution in [3.63, 3.8) is 0 Å². The van der Waals surface area contributed by atoms with Crippen molar-refractivity contribution in [3.8, 4) is 0 Å². The number of benzene rings is 1. The topological polar surface area (TPSA) is 98.0 Å². The van der Waals surface area contributed by atoms with Crippen LogP contribution in [0.3, 0.4) is 0 Å². The van der Waals surface area contributed by atoms with Crippen LogP contribution in [0.2, 0.25) is 0 Å². The van der Waals surface area contributed by atoms with Crippen LogP contribution in [0.4, 0.5) is 10.5 Å². The van der Waals surface area contributed by atoms with E-state index in [2.05, 4.69) is 15.7 Å². The number of nitrogens with one attached hydrogen (secondary N) is 2. The molecule has 2 aromatic rings. The monoisotopic (exact) mass is 357 g/mol. The third-order valence-corrected chi connectivity index (χ3v) is 4.39. The summed E-state index contributed by atoms with van der Waals surface area (Å²) >= 11 is 0. The fourth-order valence-electron chi connectivity index (χ4n) is 3.02. The zero-order valence-electron chi connectivity index (χ0n) is 14.8. The van der Waals surface area contributed by atoms with Gasteiger partial charge in [-0.2, -0.15) is 5.10 Å². The Balaban J connectivity index is 1.46. The lowest BCUT2D eigenvalue weighted by Gasteiger charge is -2.09. The maximum absolute atomic E-state index is 12.2. The predicted octanol–water partition coefficient (Wildman–Crippen LogP) is 1.80. The lowest BCUT2D eigenvalue weighted by atomic mass is 10.1. The highest BCUT2D eigenvalue weighted by molar-refractivity contribution is 5.96. The van der Waals surface area contributed by atoms with E-state index in [4.69, 9.17) is 0 Å². The summed E-state index contributed by atoms with van der Waals surface area (Å²) in [6.45, 7) is 3.12. The predicted molar refractivity (Wildman–Crippen MR) is 97.5 cm³/mol. The Kier molecular flexibility index (Phi) is 5.50. The molecule has 0 saturated carbocycles. The van der Waals surface area contributed by atoms with Gasteiger partial charge in [-0.05, 0) is 38.3 Å². The van der Waals surface area contributed by atoms with Gasteiger partial charge in [0.05, 0.1) is 0 Å². The molecule has 0 saturated heterocycles. The molecule has 0 bridgehead atoms. The van der Waals surface area contributed by atoms with Gasteiger partial charge >= 0.3 is 11.7 Å². The summed E-state index contributed by atoms with van der Waals surface area (Å²) in [5.41, 5.74) is 1.05. The van der Waals surface area contributed by atoms with Gasteiger partial charge in [0, 0.05) is 37.3 Å². The molecule has 0 aliphatic carbocycles. The zero-order chi connectivity index (χ0) is 18.5. The van der Waals surface area contributed by atoms with E-state index in [1.165, 1.54) is 11.6 Å². The van der Waals surface area contributed by atoms with E-state index in [1.807, 2.05) is 0 Å². The Morgan fingerprint density at radius 3 is 2.88 bits per heavy atom. The van der Waals surface area contributed by atoms with Gasteiger partial charge < -0.3 is 10.6 Å². The molecule has 1 aliphatic rings. The molecule has 1 aliphatic heterocycles. The Bertz CT molecular complexity index is 868. The molecular weight excluding hydrogens is 334 g/mol. The van der Waals surface area contributed by atoms with Crippen LogP contribution in [0.25, 0.3) is 0 Å². The Hall–Kier alpha value is -2.90. The molecule has 1 aromatic heterocycles. The number of amides is 2. The van der Waals surface area contributed by atoms with E-state index in [-0.39, 0.29) is 17.5 Å². The number of hydrogen-bond acceptors (Lipinski definition) is 4. The maximum Gasteiger partial charge on any atom is 0.345 e. The van der Waals surface area contributed by atoms with Crippen LogP contribution in [0, 0.1) is 0 Å². The first-order valence-electron chi connectivity index (χ1n) is 8.87. The van der Waals surface area contributed by atoms with Gasteiger partial charge in [0.1, 0.15) is 5.82 Å². The highest BCUT2D eigenvalue weighted by Gasteiger charge is 2.16. The first-order valence-corrected chi connectivity index (χ1v) is 8.87. The summed E-state index contributed by atoms with van der Waals surface area (Å²) in [6.07, 6.45) is 3.55. The van der Waals surface area contributed by atoms with Crippen molar-refractivity contribution in [2.24, 2.45) is 0 Å². The van der Waals surface area contributed by atoms with E-state index >= 15 is 0 Å². The van der Waals surface area contributed by atoms with Crippen molar-refractivity contribution in [1.82, 2.24) is 19.7 Å². The van der Waals surface area contributed by atoms with Crippen LogP contribution in [-0.4, -0.2) is 32.7 Å². The van der Waals surface area contributed by atoms with Crippen molar-refractivity contribution < 1.29 is 9.59 Å². The molecule has 3 rings (SSSR count). The zero-order valence-corrected chi connectivity index (χ0v) is 14.8. The van der Waals surface area contributed by atoms with Gasteiger partial charge in [-0.3, -0.25) is 9.36 Å². The van der Waals surface area contributed by atoms with Crippen LogP contribution in [0.5, 0.6) is 0 Å². The Morgan fingerprint density at radius 1 is 1.27 bits per heavy atom. The minimum atomic E-state index is -0.345. The summed E-state index contributed by atoms with van der Waals surface area (Å²) < 4.78 is 3.22. The second-order valence-electron chi connectivity index (χ2n) is 6.40. The second-order valence-corrected chi connectivity index (χ2v) is 6.40.